The highest BCUT2D eigenvalue weighted by Gasteiger charge is 2.35. The van der Waals surface area contributed by atoms with E-state index in [0.29, 0.717) is 47.3 Å². The number of aromatic nitrogens is 8. The molecule has 0 radical (unpaired) electrons. The number of rotatable bonds is 14. The van der Waals surface area contributed by atoms with Crippen molar-refractivity contribution in [1.82, 2.24) is 55.4 Å². The Labute approximate surface area is 366 Å². The van der Waals surface area contributed by atoms with Crippen molar-refractivity contribution in [2.24, 2.45) is 0 Å². The van der Waals surface area contributed by atoms with Crippen molar-refractivity contribution in [2.75, 3.05) is 31.6 Å². The van der Waals surface area contributed by atoms with Crippen molar-refractivity contribution in [3.8, 4) is 39.9 Å². The molecule has 9 rings (SSSR count). The Hall–Kier alpha value is -7.37. The first kappa shape index (κ1) is 42.0. The van der Waals surface area contributed by atoms with Crippen LogP contribution in [0.25, 0.3) is 44.9 Å². The van der Waals surface area contributed by atoms with Crippen molar-refractivity contribution in [3.63, 3.8) is 0 Å². The van der Waals surface area contributed by atoms with Crippen LogP contribution in [0.4, 0.5) is 23.9 Å². The number of imidazole rings is 1. The molecule has 0 atom stereocenters. The summed E-state index contributed by atoms with van der Waals surface area (Å²) >= 11 is 0. The van der Waals surface area contributed by atoms with Crippen molar-refractivity contribution in [1.29, 1.82) is 0 Å². The topological polar surface area (TPSA) is 181 Å². The molecule has 15 nitrogen and oxygen atoms in total. The summed E-state index contributed by atoms with van der Waals surface area (Å²) in [4.78, 5) is 57.9. The van der Waals surface area contributed by atoms with Crippen LogP contribution in [0.5, 0.6) is 5.88 Å². The maximum absolute atomic E-state index is 13.6. The number of methoxy groups -OCH3 is 1. The third kappa shape index (κ3) is 8.67. The average Bonchev–Trinajstić information content (AvgIpc) is 3.97. The van der Waals surface area contributed by atoms with E-state index >= 15 is 0 Å². The lowest BCUT2D eigenvalue weighted by Crippen LogP contribution is -2.40. The number of ether oxygens (including phenoxy) is 1. The summed E-state index contributed by atoms with van der Waals surface area (Å²) in [6.45, 7) is 5.23. The number of nitrogens with one attached hydrogen (secondary N) is 4. The summed E-state index contributed by atoms with van der Waals surface area (Å²) in [7, 11) is 1.53. The fourth-order valence-corrected chi connectivity index (χ4v) is 8.08. The molecule has 1 saturated carbocycles. The van der Waals surface area contributed by atoms with Gasteiger partial charge in [-0.3, -0.25) is 4.79 Å². The number of alkyl halides is 3. The number of nitrogens with zero attached hydrogens (tertiary/aromatic N) is 8. The Morgan fingerprint density at radius 3 is 2.42 bits per heavy atom. The van der Waals surface area contributed by atoms with Gasteiger partial charge in [-0.25, -0.2) is 29.7 Å². The molecule has 328 valence electrons. The van der Waals surface area contributed by atoms with Crippen LogP contribution in [0, 0.1) is 0 Å². The van der Waals surface area contributed by atoms with Gasteiger partial charge in [-0.1, -0.05) is 54.6 Å². The Balaban J connectivity index is 0.904. The lowest BCUT2D eigenvalue weighted by molar-refractivity contribution is -0.140. The Morgan fingerprint density at radius 1 is 0.938 bits per heavy atom. The second kappa shape index (κ2) is 17.4. The van der Waals surface area contributed by atoms with Crippen LogP contribution in [0.15, 0.2) is 85.6 Å². The first-order valence-corrected chi connectivity index (χ1v) is 21.1. The lowest BCUT2D eigenvalue weighted by atomic mass is 10.00. The molecular weight excluding hydrogens is 826 g/mol. The minimum absolute atomic E-state index is 0.0724. The molecule has 5 heterocycles. The Kier molecular flexibility index (Phi) is 11.4. The first-order valence-electron chi connectivity index (χ1n) is 21.1. The number of urea groups is 1. The van der Waals surface area contributed by atoms with Crippen LogP contribution in [0.3, 0.4) is 0 Å². The van der Waals surface area contributed by atoms with Crippen molar-refractivity contribution in [2.45, 2.75) is 64.3 Å². The minimum Gasteiger partial charge on any atom is -0.480 e. The highest BCUT2D eigenvalue weighted by molar-refractivity contribution is 6.10. The highest BCUT2D eigenvalue weighted by Crippen LogP contribution is 2.45. The maximum atomic E-state index is 13.6. The van der Waals surface area contributed by atoms with E-state index in [1.165, 1.54) is 24.3 Å². The van der Waals surface area contributed by atoms with E-state index in [4.69, 9.17) is 9.72 Å². The molecule has 4 N–H and O–H groups in total. The molecule has 3 aromatic carbocycles. The third-order valence-corrected chi connectivity index (χ3v) is 11.4. The van der Waals surface area contributed by atoms with Crippen molar-refractivity contribution < 1.29 is 27.5 Å². The molecular formula is C46H45F3N12O3. The van der Waals surface area contributed by atoms with Gasteiger partial charge in [0.25, 0.3) is 5.91 Å². The average molecular weight is 871 g/mol. The largest absolute Gasteiger partial charge is 0.480 e. The SMILES string of the molecule is COc1ncnc(C2CC2)c1-c1ncnc(N(CCNC(=O)NCc2ccc(-c3[nH]c4cccc5c4c3CCNC5=O)cc2)Cc2ccc(-c3nc(C(F)(F)F)cn3C(C)C)cc2)n1. The molecule has 0 unspecified atom stereocenters. The molecule has 0 bridgehead atoms. The van der Waals surface area contributed by atoms with Crippen LogP contribution in [-0.2, 0) is 25.7 Å². The monoisotopic (exact) mass is 870 g/mol. The molecule has 0 spiro atoms. The normalized spacial score (nSPS) is 13.8. The van der Waals surface area contributed by atoms with Crippen LogP contribution in [0.2, 0.25) is 0 Å². The van der Waals surface area contributed by atoms with Gasteiger partial charge < -0.3 is 35.1 Å². The van der Waals surface area contributed by atoms with E-state index in [2.05, 4.69) is 45.9 Å². The van der Waals surface area contributed by atoms with Gasteiger partial charge in [0.05, 0.1) is 12.8 Å². The zero-order valence-corrected chi connectivity index (χ0v) is 35.3. The summed E-state index contributed by atoms with van der Waals surface area (Å²) in [6.07, 6.45) is 2.01. The molecule has 1 aliphatic heterocycles. The summed E-state index contributed by atoms with van der Waals surface area (Å²) in [5.41, 5.74) is 7.34. The minimum atomic E-state index is -4.58. The molecule has 0 saturated heterocycles. The van der Waals surface area contributed by atoms with Gasteiger partial charge in [0.2, 0.25) is 11.8 Å². The number of halogens is 3. The van der Waals surface area contributed by atoms with Crippen LogP contribution >= 0.6 is 0 Å². The van der Waals surface area contributed by atoms with Gasteiger partial charge in [-0.05, 0) is 67.5 Å². The van der Waals surface area contributed by atoms with Gasteiger partial charge in [0, 0.05) is 78.6 Å². The van der Waals surface area contributed by atoms with Crippen molar-refractivity contribution in [3.05, 3.63) is 119 Å². The number of hydrogen-bond acceptors (Lipinski definition) is 10. The second-order valence-electron chi connectivity index (χ2n) is 16.1. The summed E-state index contributed by atoms with van der Waals surface area (Å²) in [5, 5.41) is 9.81. The van der Waals surface area contributed by atoms with Gasteiger partial charge in [0.1, 0.15) is 24.0 Å². The van der Waals surface area contributed by atoms with E-state index in [1.54, 1.807) is 26.0 Å². The van der Waals surface area contributed by atoms with Gasteiger partial charge >= 0.3 is 12.2 Å². The number of anilines is 1. The smallest absolute Gasteiger partial charge is 0.434 e. The number of H-pyrrole nitrogens is 1. The molecule has 2 aliphatic rings. The molecule has 1 aliphatic carbocycles. The van der Waals surface area contributed by atoms with Gasteiger partial charge in [0.15, 0.2) is 11.5 Å². The van der Waals surface area contributed by atoms with E-state index in [0.717, 1.165) is 63.6 Å². The predicted octanol–water partition coefficient (Wildman–Crippen LogP) is 7.62. The predicted molar refractivity (Wildman–Crippen MR) is 233 cm³/mol. The van der Waals surface area contributed by atoms with Crippen LogP contribution in [0.1, 0.15) is 77.1 Å². The standard InChI is InChI=1S/C46H45F3N12O3/c1-26(2)61-23-35(46(47,48)49)58-41(61)31-13-9-28(10-14-31)22-60(44-56-25-54-40(59-44)37-39(30-15-16-30)53-24-55-43(37)64-3)20-19-51-45(63)52-21-27-7-11-29(12-8-27)38-32-17-18-50-42(62)33-5-4-6-34(57-38)36(32)33/h4-14,23-26,30,57H,15-22H2,1-3H3,(H,50,62)(H2,51,52,63). The first-order chi connectivity index (χ1) is 30.9. The van der Waals surface area contributed by atoms with E-state index < -0.39 is 11.9 Å². The number of carbonyl (C=O) groups excluding carboxylic acids is 2. The zero-order valence-electron chi connectivity index (χ0n) is 35.3. The fraction of sp³-hybridized carbons (Fsp3) is 0.304. The lowest BCUT2D eigenvalue weighted by Gasteiger charge is -2.23. The molecule has 7 aromatic rings. The number of amides is 3. The summed E-state index contributed by atoms with van der Waals surface area (Å²) < 4.78 is 48.0. The van der Waals surface area contributed by atoms with Crippen LogP contribution in [-0.4, -0.2) is 78.1 Å². The Morgan fingerprint density at radius 2 is 1.69 bits per heavy atom. The summed E-state index contributed by atoms with van der Waals surface area (Å²) in [5.74, 6) is 1.41. The molecule has 3 amide bonds. The fourth-order valence-electron chi connectivity index (χ4n) is 8.08. The van der Waals surface area contributed by atoms with E-state index in [1.807, 2.05) is 59.5 Å². The Bertz CT molecular complexity index is 2840. The third-order valence-electron chi connectivity index (χ3n) is 11.4. The van der Waals surface area contributed by atoms with E-state index in [-0.39, 0.29) is 55.9 Å². The molecule has 1 fully saturated rings. The molecule has 4 aromatic heterocycles. The number of carbonyl (C=O) groups is 2. The number of hydrogen-bond donors (Lipinski definition) is 4. The number of aromatic amines is 1. The van der Waals surface area contributed by atoms with Gasteiger partial charge in [-0.2, -0.15) is 18.2 Å². The maximum Gasteiger partial charge on any atom is 0.434 e. The molecule has 64 heavy (non-hydrogen) atoms. The number of benzene rings is 3. The summed E-state index contributed by atoms with van der Waals surface area (Å²) in [6, 6.07) is 20.2. The molecule has 18 heteroatoms. The quantitative estimate of drug-likeness (QED) is 0.0849. The second-order valence-corrected chi connectivity index (χ2v) is 16.1. The van der Waals surface area contributed by atoms with Crippen molar-refractivity contribution >= 4 is 28.8 Å². The van der Waals surface area contributed by atoms with Crippen LogP contribution < -0.4 is 25.6 Å². The highest BCUT2D eigenvalue weighted by atomic mass is 19.4. The van der Waals surface area contributed by atoms with Gasteiger partial charge in [-0.15, -0.1) is 0 Å². The van der Waals surface area contributed by atoms with E-state index in [9.17, 15) is 22.8 Å². The zero-order chi connectivity index (χ0) is 44.5.